The summed E-state index contributed by atoms with van der Waals surface area (Å²) in [5, 5.41) is 10.1. The highest BCUT2D eigenvalue weighted by Gasteiger charge is 2.15. The number of aromatic nitrogens is 1. The second-order valence-electron chi connectivity index (χ2n) is 4.90. The molecule has 1 heterocycles. The fraction of sp³-hybridized carbons (Fsp3) is 0.118. The van der Waals surface area contributed by atoms with Crippen LogP contribution in [0.4, 0.5) is 4.39 Å². The Hall–Kier alpha value is -2.60. The number of nitrogens with zero attached hydrogens (tertiary/aromatic N) is 2. The second kappa shape index (κ2) is 4.50. The van der Waals surface area contributed by atoms with E-state index in [2.05, 4.69) is 6.07 Å². The van der Waals surface area contributed by atoms with Gasteiger partial charge in [0.1, 0.15) is 11.9 Å². The van der Waals surface area contributed by atoms with Crippen molar-refractivity contribution in [2.45, 2.75) is 13.8 Å². The van der Waals surface area contributed by atoms with E-state index >= 15 is 0 Å². The van der Waals surface area contributed by atoms with Gasteiger partial charge in [0.2, 0.25) is 0 Å². The summed E-state index contributed by atoms with van der Waals surface area (Å²) in [7, 11) is 0. The Morgan fingerprint density at radius 2 is 1.75 bits per heavy atom. The molecule has 0 saturated heterocycles. The third kappa shape index (κ3) is 1.78. The number of aryl methyl sites for hydroxylation is 1. The van der Waals surface area contributed by atoms with Crippen LogP contribution in [0, 0.1) is 31.0 Å². The molecule has 2 aromatic carbocycles. The summed E-state index contributed by atoms with van der Waals surface area (Å²) in [6.45, 7) is 3.90. The normalized spacial score (nSPS) is 10.7. The van der Waals surface area contributed by atoms with Crippen molar-refractivity contribution in [3.63, 3.8) is 0 Å². The average molecular weight is 264 g/mol. The van der Waals surface area contributed by atoms with Crippen LogP contribution in [0.15, 0.2) is 42.5 Å². The van der Waals surface area contributed by atoms with Crippen LogP contribution in [0.3, 0.4) is 0 Å². The predicted octanol–water partition coefficient (Wildman–Crippen LogP) is 4.26. The Morgan fingerprint density at radius 1 is 1.05 bits per heavy atom. The van der Waals surface area contributed by atoms with Gasteiger partial charge in [0, 0.05) is 16.8 Å². The summed E-state index contributed by atoms with van der Waals surface area (Å²) < 4.78 is 15.5. The summed E-state index contributed by atoms with van der Waals surface area (Å²) >= 11 is 0. The van der Waals surface area contributed by atoms with Gasteiger partial charge in [-0.1, -0.05) is 17.7 Å². The topological polar surface area (TPSA) is 28.7 Å². The lowest BCUT2D eigenvalue weighted by Gasteiger charge is -2.08. The molecule has 3 aromatic rings. The minimum absolute atomic E-state index is 0.298. The summed E-state index contributed by atoms with van der Waals surface area (Å²) in [6, 6.07) is 14.7. The standard InChI is InChI=1S/C17H13FN2/c1-11-3-6-14(7-4-11)20-12(2)16(10-19)15-8-5-13(18)9-17(15)20/h3-9H,1-2H3. The van der Waals surface area contributed by atoms with Crippen LogP contribution >= 0.6 is 0 Å². The van der Waals surface area contributed by atoms with Crippen molar-refractivity contribution >= 4 is 10.9 Å². The van der Waals surface area contributed by atoms with E-state index in [1.165, 1.54) is 12.1 Å². The van der Waals surface area contributed by atoms with E-state index in [4.69, 9.17) is 0 Å². The van der Waals surface area contributed by atoms with Gasteiger partial charge in [-0.15, -0.1) is 0 Å². The van der Waals surface area contributed by atoms with Crippen molar-refractivity contribution in [2.24, 2.45) is 0 Å². The highest BCUT2D eigenvalue weighted by molar-refractivity contribution is 5.89. The third-order valence-electron chi connectivity index (χ3n) is 3.57. The fourth-order valence-corrected chi connectivity index (χ4v) is 2.56. The predicted molar refractivity (Wildman–Crippen MR) is 77.4 cm³/mol. The lowest BCUT2D eigenvalue weighted by Crippen LogP contribution is -1.97. The maximum Gasteiger partial charge on any atom is 0.125 e. The summed E-state index contributed by atoms with van der Waals surface area (Å²) in [5.74, 6) is -0.298. The van der Waals surface area contributed by atoms with Gasteiger partial charge in [-0.2, -0.15) is 5.26 Å². The first-order chi connectivity index (χ1) is 9.61. The molecule has 0 spiro atoms. The van der Waals surface area contributed by atoms with E-state index in [9.17, 15) is 9.65 Å². The number of hydrogen-bond donors (Lipinski definition) is 0. The Bertz CT molecular complexity index is 836. The van der Waals surface area contributed by atoms with Crippen molar-refractivity contribution < 1.29 is 4.39 Å². The number of hydrogen-bond acceptors (Lipinski definition) is 1. The first kappa shape index (κ1) is 12.4. The molecule has 0 aliphatic carbocycles. The van der Waals surface area contributed by atoms with E-state index in [0.29, 0.717) is 5.56 Å². The van der Waals surface area contributed by atoms with Crippen molar-refractivity contribution in [1.29, 1.82) is 5.26 Å². The van der Waals surface area contributed by atoms with Gasteiger partial charge in [0.15, 0.2) is 0 Å². The molecule has 0 atom stereocenters. The maximum absolute atomic E-state index is 13.5. The quantitative estimate of drug-likeness (QED) is 0.645. The highest BCUT2D eigenvalue weighted by atomic mass is 19.1. The fourth-order valence-electron chi connectivity index (χ4n) is 2.56. The molecule has 2 nitrogen and oxygen atoms in total. The molecule has 20 heavy (non-hydrogen) atoms. The molecule has 0 amide bonds. The summed E-state index contributed by atoms with van der Waals surface area (Å²) in [6.07, 6.45) is 0. The Labute approximate surface area is 116 Å². The SMILES string of the molecule is Cc1ccc(-n2c(C)c(C#N)c3ccc(F)cc32)cc1. The molecule has 3 rings (SSSR count). The van der Waals surface area contributed by atoms with Crippen LogP contribution in [-0.4, -0.2) is 4.57 Å². The highest BCUT2D eigenvalue weighted by Crippen LogP contribution is 2.29. The molecule has 0 saturated carbocycles. The Balaban J connectivity index is 2.40. The molecule has 3 heteroatoms. The van der Waals surface area contributed by atoms with E-state index in [-0.39, 0.29) is 5.82 Å². The van der Waals surface area contributed by atoms with Crippen molar-refractivity contribution in [3.05, 3.63) is 65.1 Å². The number of benzene rings is 2. The summed E-state index contributed by atoms with van der Waals surface area (Å²) in [5.41, 5.74) is 4.25. The lowest BCUT2D eigenvalue weighted by atomic mass is 10.1. The molecular formula is C17H13FN2. The molecule has 0 bridgehead atoms. The number of halogens is 1. The van der Waals surface area contributed by atoms with Crippen LogP contribution in [0.1, 0.15) is 16.8 Å². The molecule has 0 fully saturated rings. The van der Waals surface area contributed by atoms with Crippen LogP contribution in [0.5, 0.6) is 0 Å². The van der Waals surface area contributed by atoms with Crippen LogP contribution in [0.2, 0.25) is 0 Å². The largest absolute Gasteiger partial charge is 0.312 e. The molecule has 1 aromatic heterocycles. The molecule has 0 aliphatic heterocycles. The van der Waals surface area contributed by atoms with E-state index in [1.54, 1.807) is 6.07 Å². The Morgan fingerprint density at radius 3 is 2.40 bits per heavy atom. The maximum atomic E-state index is 13.5. The minimum atomic E-state index is -0.298. The number of rotatable bonds is 1. The molecule has 0 radical (unpaired) electrons. The summed E-state index contributed by atoms with van der Waals surface area (Å²) in [4.78, 5) is 0. The smallest absolute Gasteiger partial charge is 0.125 e. The van der Waals surface area contributed by atoms with Crippen molar-refractivity contribution in [2.75, 3.05) is 0 Å². The third-order valence-corrected chi connectivity index (χ3v) is 3.57. The van der Waals surface area contributed by atoms with Gasteiger partial charge < -0.3 is 4.57 Å². The number of nitriles is 1. The van der Waals surface area contributed by atoms with Crippen molar-refractivity contribution in [3.8, 4) is 11.8 Å². The first-order valence-electron chi connectivity index (χ1n) is 6.39. The van der Waals surface area contributed by atoms with Gasteiger partial charge in [0.25, 0.3) is 0 Å². The van der Waals surface area contributed by atoms with Gasteiger partial charge in [-0.25, -0.2) is 4.39 Å². The zero-order chi connectivity index (χ0) is 14.3. The zero-order valence-electron chi connectivity index (χ0n) is 11.3. The molecule has 0 N–H and O–H groups in total. The average Bonchev–Trinajstić information content (AvgIpc) is 2.71. The van der Waals surface area contributed by atoms with Crippen LogP contribution in [-0.2, 0) is 0 Å². The first-order valence-corrected chi connectivity index (χ1v) is 6.39. The van der Waals surface area contributed by atoms with Crippen LogP contribution < -0.4 is 0 Å². The van der Waals surface area contributed by atoms with Gasteiger partial charge in [-0.05, 0) is 44.2 Å². The van der Waals surface area contributed by atoms with Crippen molar-refractivity contribution in [1.82, 2.24) is 4.57 Å². The minimum Gasteiger partial charge on any atom is -0.312 e. The van der Waals surface area contributed by atoms with E-state index in [0.717, 1.165) is 27.8 Å². The Kier molecular flexibility index (Phi) is 2.80. The van der Waals surface area contributed by atoms with E-state index < -0.39 is 0 Å². The lowest BCUT2D eigenvalue weighted by molar-refractivity contribution is 0.629. The van der Waals surface area contributed by atoms with Gasteiger partial charge >= 0.3 is 0 Å². The van der Waals surface area contributed by atoms with Gasteiger partial charge in [-0.3, -0.25) is 0 Å². The molecule has 0 unspecified atom stereocenters. The van der Waals surface area contributed by atoms with E-state index in [1.807, 2.05) is 42.7 Å². The number of fused-ring (bicyclic) bond motifs is 1. The second-order valence-corrected chi connectivity index (χ2v) is 4.90. The van der Waals surface area contributed by atoms with Gasteiger partial charge in [0.05, 0.1) is 11.1 Å². The zero-order valence-corrected chi connectivity index (χ0v) is 11.3. The molecule has 0 aliphatic rings. The molecule has 98 valence electrons. The molecular weight excluding hydrogens is 251 g/mol. The monoisotopic (exact) mass is 264 g/mol. The van der Waals surface area contributed by atoms with Crippen LogP contribution in [0.25, 0.3) is 16.6 Å².